The number of hydrogen-bond acceptors (Lipinski definition) is 6. The van der Waals surface area contributed by atoms with Crippen LogP contribution >= 0.6 is 0 Å². The number of nitrogens with zero attached hydrogens (tertiary/aromatic N) is 5. The number of aryl methyl sites for hydroxylation is 1. The molecule has 1 fully saturated rings. The second-order valence-corrected chi connectivity index (χ2v) is 11.4. The summed E-state index contributed by atoms with van der Waals surface area (Å²) in [6.07, 6.45) is 0.700. The predicted molar refractivity (Wildman–Crippen MR) is 148 cm³/mol. The van der Waals surface area contributed by atoms with Crippen LogP contribution in [-0.2, 0) is 16.6 Å². The normalized spacial score (nSPS) is 15.8. The van der Waals surface area contributed by atoms with Gasteiger partial charge in [-0.1, -0.05) is 32.0 Å². The van der Waals surface area contributed by atoms with Gasteiger partial charge in [0.1, 0.15) is 11.6 Å². The fourth-order valence-electron chi connectivity index (χ4n) is 4.80. The van der Waals surface area contributed by atoms with E-state index < -0.39 is 10.0 Å². The lowest BCUT2D eigenvalue weighted by Crippen LogP contribution is -2.47. The summed E-state index contributed by atoms with van der Waals surface area (Å²) in [4.78, 5) is 5.06. The third kappa shape index (κ3) is 5.68. The molecule has 0 bridgehead atoms. The summed E-state index contributed by atoms with van der Waals surface area (Å²) < 4.78 is 36.7. The molecule has 1 aliphatic rings. The van der Waals surface area contributed by atoms with E-state index in [-0.39, 0.29) is 17.5 Å². The molecule has 0 aliphatic carbocycles. The molecule has 4 rings (SSSR count). The fourth-order valence-corrected chi connectivity index (χ4v) is 6.48. The van der Waals surface area contributed by atoms with Crippen LogP contribution in [0.5, 0.6) is 5.75 Å². The van der Waals surface area contributed by atoms with Gasteiger partial charge in [-0.3, -0.25) is 0 Å². The van der Waals surface area contributed by atoms with Gasteiger partial charge in [0.2, 0.25) is 10.0 Å². The number of benzene rings is 2. The first-order valence-electron chi connectivity index (χ1n) is 13.1. The highest BCUT2D eigenvalue weighted by Gasteiger charge is 2.33. The highest BCUT2D eigenvalue weighted by atomic mass is 32.2. The SMILES string of the molecule is CC[C@@H](C)N(Cc1c(C)nn(-c2ccccc2)c1N1CCN(CC)CC1)S(=O)(=O)c1ccc(OC)cc1. The van der Waals surface area contributed by atoms with Gasteiger partial charge in [0, 0.05) is 44.3 Å². The highest BCUT2D eigenvalue weighted by Crippen LogP contribution is 2.32. The van der Waals surface area contributed by atoms with Crippen molar-refractivity contribution in [1.29, 1.82) is 0 Å². The zero-order chi connectivity index (χ0) is 26.6. The van der Waals surface area contributed by atoms with E-state index in [1.165, 1.54) is 0 Å². The number of rotatable bonds is 10. The molecule has 1 aromatic heterocycles. The Kier molecular flexibility index (Phi) is 8.56. The molecule has 2 heterocycles. The zero-order valence-corrected chi connectivity index (χ0v) is 23.4. The van der Waals surface area contributed by atoms with E-state index in [1.54, 1.807) is 35.7 Å². The second-order valence-electron chi connectivity index (χ2n) is 9.54. The lowest BCUT2D eigenvalue weighted by Gasteiger charge is -2.36. The summed E-state index contributed by atoms with van der Waals surface area (Å²) in [7, 11) is -2.18. The number of hydrogen-bond donors (Lipinski definition) is 0. The number of anilines is 1. The first-order valence-corrected chi connectivity index (χ1v) is 14.5. The van der Waals surface area contributed by atoms with Gasteiger partial charge in [0.05, 0.1) is 23.4 Å². The summed E-state index contributed by atoms with van der Waals surface area (Å²) in [6, 6.07) is 16.5. The van der Waals surface area contributed by atoms with Crippen molar-refractivity contribution < 1.29 is 13.2 Å². The van der Waals surface area contributed by atoms with Gasteiger partial charge in [0.15, 0.2) is 0 Å². The van der Waals surface area contributed by atoms with E-state index in [0.717, 1.165) is 55.5 Å². The molecular weight excluding hydrogens is 486 g/mol. The molecule has 0 saturated carbocycles. The van der Waals surface area contributed by atoms with Crippen LogP contribution in [0, 0.1) is 6.92 Å². The number of methoxy groups -OCH3 is 1. The maximum absolute atomic E-state index is 13.9. The van der Waals surface area contributed by atoms with Gasteiger partial charge < -0.3 is 14.5 Å². The van der Waals surface area contributed by atoms with Gasteiger partial charge in [-0.2, -0.15) is 9.40 Å². The maximum Gasteiger partial charge on any atom is 0.243 e. The van der Waals surface area contributed by atoms with Gasteiger partial charge in [-0.25, -0.2) is 13.1 Å². The van der Waals surface area contributed by atoms with E-state index in [1.807, 2.05) is 55.8 Å². The largest absolute Gasteiger partial charge is 0.497 e. The Hall–Kier alpha value is -2.88. The summed E-state index contributed by atoms with van der Waals surface area (Å²) in [5.41, 5.74) is 2.76. The minimum atomic E-state index is -3.75. The van der Waals surface area contributed by atoms with E-state index in [9.17, 15) is 8.42 Å². The van der Waals surface area contributed by atoms with E-state index >= 15 is 0 Å². The quantitative estimate of drug-likeness (QED) is 0.393. The Morgan fingerprint density at radius 2 is 1.65 bits per heavy atom. The first kappa shape index (κ1) is 27.2. The van der Waals surface area contributed by atoms with Crippen molar-refractivity contribution in [2.24, 2.45) is 0 Å². The molecule has 1 atom stereocenters. The summed E-state index contributed by atoms with van der Waals surface area (Å²) >= 11 is 0. The number of para-hydroxylation sites is 1. The molecule has 1 aliphatic heterocycles. The van der Waals surface area contributed by atoms with Crippen LogP contribution in [0.25, 0.3) is 5.69 Å². The standard InChI is InChI=1S/C28H39N5O3S/c1-6-22(3)32(37(34,35)26-15-13-25(36-5)14-16-26)21-27-23(4)29-33(24-11-9-8-10-12-24)28(27)31-19-17-30(7-2)18-20-31/h8-16,22H,6-7,17-21H2,1-5H3/t22-/m1/s1. The smallest absolute Gasteiger partial charge is 0.243 e. The molecule has 2 aromatic carbocycles. The van der Waals surface area contributed by atoms with Crippen LogP contribution in [0.3, 0.4) is 0 Å². The number of likely N-dealkylation sites (N-methyl/N-ethyl adjacent to an activating group) is 1. The van der Waals surface area contributed by atoms with E-state index in [4.69, 9.17) is 9.84 Å². The topological polar surface area (TPSA) is 70.9 Å². The van der Waals surface area contributed by atoms with Crippen molar-refractivity contribution in [2.45, 2.75) is 51.6 Å². The Balaban J connectivity index is 1.78. The molecule has 0 N–H and O–H groups in total. The third-order valence-electron chi connectivity index (χ3n) is 7.34. The van der Waals surface area contributed by atoms with Crippen LogP contribution in [0.4, 0.5) is 5.82 Å². The van der Waals surface area contributed by atoms with Crippen LogP contribution in [0.1, 0.15) is 38.4 Å². The molecule has 9 heteroatoms. The Labute approximate surface area is 221 Å². The van der Waals surface area contributed by atoms with Crippen molar-refractivity contribution in [3.8, 4) is 11.4 Å². The molecule has 0 amide bonds. The number of ether oxygens (including phenoxy) is 1. The lowest BCUT2D eigenvalue weighted by molar-refractivity contribution is 0.269. The first-order chi connectivity index (χ1) is 17.8. The Bertz CT molecular complexity index is 1270. The zero-order valence-electron chi connectivity index (χ0n) is 22.6. The van der Waals surface area contributed by atoms with Crippen LogP contribution in [-0.4, -0.2) is 73.3 Å². The summed E-state index contributed by atoms with van der Waals surface area (Å²) in [5.74, 6) is 1.61. The Morgan fingerprint density at radius 3 is 2.22 bits per heavy atom. The van der Waals surface area contributed by atoms with Crippen molar-refractivity contribution in [1.82, 2.24) is 19.0 Å². The lowest BCUT2D eigenvalue weighted by atomic mass is 10.1. The monoisotopic (exact) mass is 525 g/mol. The molecular formula is C28H39N5O3S. The minimum absolute atomic E-state index is 0.184. The average molecular weight is 526 g/mol. The predicted octanol–water partition coefficient (Wildman–Crippen LogP) is 4.32. The molecule has 1 saturated heterocycles. The second kappa shape index (κ2) is 11.7. The molecule has 37 heavy (non-hydrogen) atoms. The summed E-state index contributed by atoms with van der Waals surface area (Å²) in [6.45, 7) is 13.1. The number of piperazine rings is 1. The van der Waals surface area contributed by atoms with Gasteiger partial charge >= 0.3 is 0 Å². The Morgan fingerprint density at radius 1 is 1.00 bits per heavy atom. The van der Waals surface area contributed by atoms with Crippen molar-refractivity contribution in [2.75, 3.05) is 44.7 Å². The highest BCUT2D eigenvalue weighted by molar-refractivity contribution is 7.89. The van der Waals surface area contributed by atoms with Gasteiger partial charge in [0.25, 0.3) is 0 Å². The minimum Gasteiger partial charge on any atom is -0.497 e. The van der Waals surface area contributed by atoms with E-state index in [2.05, 4.69) is 16.7 Å². The average Bonchev–Trinajstić information content (AvgIpc) is 3.27. The molecule has 200 valence electrons. The number of sulfonamides is 1. The maximum atomic E-state index is 13.9. The van der Waals surface area contributed by atoms with Crippen molar-refractivity contribution in [3.05, 3.63) is 65.9 Å². The number of aromatic nitrogens is 2. The van der Waals surface area contributed by atoms with Crippen molar-refractivity contribution in [3.63, 3.8) is 0 Å². The summed E-state index contributed by atoms with van der Waals surface area (Å²) in [5, 5.41) is 4.93. The molecule has 0 spiro atoms. The van der Waals surface area contributed by atoms with Crippen molar-refractivity contribution >= 4 is 15.8 Å². The van der Waals surface area contributed by atoms with Crippen LogP contribution < -0.4 is 9.64 Å². The third-order valence-corrected chi connectivity index (χ3v) is 9.31. The van der Waals surface area contributed by atoms with Crippen LogP contribution in [0.15, 0.2) is 59.5 Å². The molecule has 8 nitrogen and oxygen atoms in total. The fraction of sp³-hybridized carbons (Fsp3) is 0.464. The van der Waals surface area contributed by atoms with Crippen LogP contribution in [0.2, 0.25) is 0 Å². The van der Waals surface area contributed by atoms with Gasteiger partial charge in [-0.05, 0) is 63.2 Å². The molecule has 0 radical (unpaired) electrons. The van der Waals surface area contributed by atoms with Gasteiger partial charge in [-0.15, -0.1) is 0 Å². The molecule has 3 aromatic rings. The molecule has 0 unspecified atom stereocenters. The van der Waals surface area contributed by atoms with E-state index in [0.29, 0.717) is 12.2 Å².